The lowest BCUT2D eigenvalue weighted by molar-refractivity contribution is -0.110. The molecular formula is C31H28N4O5. The molecule has 9 nitrogen and oxygen atoms in total. The number of anilines is 2. The van der Waals surface area contributed by atoms with Crippen LogP contribution in [0.15, 0.2) is 79.0 Å². The van der Waals surface area contributed by atoms with Gasteiger partial charge in [-0.2, -0.15) is 0 Å². The van der Waals surface area contributed by atoms with Gasteiger partial charge in [0.25, 0.3) is 5.91 Å². The number of aromatic carboxylic acids is 1. The predicted octanol–water partition coefficient (Wildman–Crippen LogP) is 4.37. The van der Waals surface area contributed by atoms with E-state index in [1.807, 2.05) is 54.6 Å². The van der Waals surface area contributed by atoms with Crippen LogP contribution in [-0.4, -0.2) is 63.2 Å². The summed E-state index contributed by atoms with van der Waals surface area (Å²) in [6.07, 6.45) is 2.84. The summed E-state index contributed by atoms with van der Waals surface area (Å²) in [4.78, 5) is 39.8. The molecule has 1 fully saturated rings. The molecule has 2 aliphatic heterocycles. The Balaban J connectivity index is 1.33. The lowest BCUT2D eigenvalue weighted by atomic mass is 9.99. The van der Waals surface area contributed by atoms with Gasteiger partial charge in [-0.25, -0.2) is 4.79 Å². The van der Waals surface area contributed by atoms with E-state index in [1.54, 1.807) is 16.8 Å². The summed E-state index contributed by atoms with van der Waals surface area (Å²) in [5.41, 5.74) is 4.47. The summed E-state index contributed by atoms with van der Waals surface area (Å²) >= 11 is 0. The molecule has 0 spiro atoms. The van der Waals surface area contributed by atoms with Crippen molar-refractivity contribution in [1.29, 1.82) is 0 Å². The minimum atomic E-state index is -1.07. The third kappa shape index (κ3) is 4.88. The Morgan fingerprint density at radius 1 is 0.950 bits per heavy atom. The molecule has 0 radical (unpaired) electrons. The molecule has 4 N–H and O–H groups in total. The highest BCUT2D eigenvalue weighted by Gasteiger charge is 2.29. The number of fused-ring (bicyclic) bond motifs is 2. The molecule has 9 heteroatoms. The second-order valence-electron chi connectivity index (χ2n) is 10.1. The van der Waals surface area contributed by atoms with Crippen molar-refractivity contribution in [2.24, 2.45) is 0 Å². The van der Waals surface area contributed by atoms with Gasteiger partial charge in [0.1, 0.15) is 0 Å². The van der Waals surface area contributed by atoms with Crippen molar-refractivity contribution in [2.75, 3.05) is 30.3 Å². The Kier molecular flexibility index (Phi) is 6.67. The first-order valence-electron chi connectivity index (χ1n) is 13.2. The molecular weight excluding hydrogens is 508 g/mol. The predicted molar refractivity (Wildman–Crippen MR) is 153 cm³/mol. The number of carbonyl (C=O) groups excluding carboxylic acids is 2. The summed E-state index contributed by atoms with van der Waals surface area (Å²) in [6.45, 7) is 1.69. The first-order valence-corrected chi connectivity index (χ1v) is 13.2. The highest BCUT2D eigenvalue weighted by atomic mass is 16.4. The SMILES string of the molecule is O=C1Nc2cc(C(=O)O)ccc2C1=C(Nc1ccc2c(ccn2C(=O)CN2CCC(O)CC2)c1)c1ccccc1. The fourth-order valence-corrected chi connectivity index (χ4v) is 5.36. The van der Waals surface area contributed by atoms with Crippen molar-refractivity contribution in [3.05, 3.63) is 95.7 Å². The van der Waals surface area contributed by atoms with E-state index in [9.17, 15) is 24.6 Å². The number of carbonyl (C=O) groups is 3. The number of aromatic nitrogens is 1. The molecule has 0 unspecified atom stereocenters. The Morgan fingerprint density at radius 3 is 2.48 bits per heavy atom. The van der Waals surface area contributed by atoms with Crippen LogP contribution in [0.1, 0.15) is 39.1 Å². The average molecular weight is 537 g/mol. The van der Waals surface area contributed by atoms with Crippen LogP contribution in [0.2, 0.25) is 0 Å². The highest BCUT2D eigenvalue weighted by Crippen LogP contribution is 2.38. The number of rotatable bonds is 6. The number of nitrogens with one attached hydrogen (secondary N) is 2. The van der Waals surface area contributed by atoms with E-state index in [-0.39, 0.29) is 23.5 Å². The zero-order valence-electron chi connectivity index (χ0n) is 21.6. The molecule has 1 saturated heterocycles. The standard InChI is InChI=1S/C31H28N4O5/c36-23-11-13-34(14-12-23)18-27(37)35-15-10-20-16-22(7-9-26(20)35)32-29(19-4-2-1-3-5-19)28-24-8-6-21(31(39)40)17-25(24)33-30(28)38/h1-10,15-17,23,32,36H,11-14,18H2,(H,33,38)(H,39,40). The third-order valence-corrected chi connectivity index (χ3v) is 7.47. The molecule has 4 aromatic rings. The molecule has 40 heavy (non-hydrogen) atoms. The molecule has 0 saturated carbocycles. The van der Waals surface area contributed by atoms with E-state index < -0.39 is 5.97 Å². The second-order valence-corrected chi connectivity index (χ2v) is 10.1. The van der Waals surface area contributed by atoms with Crippen LogP contribution in [-0.2, 0) is 4.79 Å². The van der Waals surface area contributed by atoms with Crippen LogP contribution in [0.25, 0.3) is 22.2 Å². The maximum atomic E-state index is 13.2. The highest BCUT2D eigenvalue weighted by molar-refractivity contribution is 6.37. The number of piperidine rings is 1. The Morgan fingerprint density at radius 2 is 1.73 bits per heavy atom. The van der Waals surface area contributed by atoms with Crippen LogP contribution in [0.5, 0.6) is 0 Å². The van der Waals surface area contributed by atoms with E-state index >= 15 is 0 Å². The maximum absolute atomic E-state index is 13.2. The van der Waals surface area contributed by atoms with Crippen LogP contribution < -0.4 is 10.6 Å². The second kappa shape index (κ2) is 10.4. The summed E-state index contributed by atoms with van der Waals surface area (Å²) in [5, 5.41) is 26.2. The lowest BCUT2D eigenvalue weighted by Gasteiger charge is -2.28. The van der Waals surface area contributed by atoms with Crippen LogP contribution in [0.3, 0.4) is 0 Å². The van der Waals surface area contributed by atoms with Crippen molar-refractivity contribution >= 4 is 51.3 Å². The number of likely N-dealkylation sites (tertiary alicyclic amines) is 1. The normalized spacial score (nSPS) is 17.0. The van der Waals surface area contributed by atoms with Crippen LogP contribution in [0.4, 0.5) is 11.4 Å². The molecule has 0 bridgehead atoms. The lowest BCUT2D eigenvalue weighted by Crippen LogP contribution is -2.40. The molecule has 3 heterocycles. The molecule has 0 aliphatic carbocycles. The van der Waals surface area contributed by atoms with Gasteiger partial charge < -0.3 is 20.8 Å². The molecule has 1 amide bonds. The maximum Gasteiger partial charge on any atom is 0.335 e. The number of hydrogen-bond donors (Lipinski definition) is 4. The number of nitrogens with zero attached hydrogens (tertiary/aromatic N) is 2. The zero-order valence-corrected chi connectivity index (χ0v) is 21.6. The minimum Gasteiger partial charge on any atom is -0.478 e. The molecule has 6 rings (SSSR count). The van der Waals surface area contributed by atoms with Gasteiger partial charge >= 0.3 is 5.97 Å². The van der Waals surface area contributed by atoms with E-state index in [0.29, 0.717) is 55.0 Å². The molecule has 3 aromatic carbocycles. The summed E-state index contributed by atoms with van der Waals surface area (Å²) < 4.78 is 1.65. The van der Waals surface area contributed by atoms with Gasteiger partial charge in [-0.3, -0.25) is 19.1 Å². The number of carboxylic acid groups (broad SMARTS) is 1. The van der Waals surface area contributed by atoms with Gasteiger partial charge in [0.05, 0.1) is 40.7 Å². The van der Waals surface area contributed by atoms with E-state index in [0.717, 1.165) is 22.2 Å². The topological polar surface area (TPSA) is 124 Å². The molecule has 202 valence electrons. The summed E-state index contributed by atoms with van der Waals surface area (Å²) in [5.74, 6) is -1.42. The monoisotopic (exact) mass is 536 g/mol. The Bertz CT molecular complexity index is 1670. The Labute approximate surface area is 230 Å². The number of aliphatic hydroxyl groups excluding tert-OH is 1. The number of benzene rings is 3. The minimum absolute atomic E-state index is 0.0286. The molecule has 0 atom stereocenters. The van der Waals surface area contributed by atoms with Crippen molar-refractivity contribution < 1.29 is 24.6 Å². The zero-order chi connectivity index (χ0) is 27.8. The number of hydrogen-bond acceptors (Lipinski definition) is 6. The number of aliphatic hydroxyl groups is 1. The average Bonchev–Trinajstić information content (AvgIpc) is 3.53. The summed E-state index contributed by atoms with van der Waals surface area (Å²) in [6, 6.07) is 21.6. The van der Waals surface area contributed by atoms with E-state index in [2.05, 4.69) is 15.5 Å². The fraction of sp³-hybridized carbons (Fsp3) is 0.194. The van der Waals surface area contributed by atoms with Gasteiger partial charge in [-0.15, -0.1) is 0 Å². The van der Waals surface area contributed by atoms with Gasteiger partial charge in [0.2, 0.25) is 5.91 Å². The Hall–Kier alpha value is -4.73. The first-order chi connectivity index (χ1) is 19.4. The molecule has 2 aliphatic rings. The number of amides is 1. The van der Waals surface area contributed by atoms with Gasteiger partial charge in [-0.1, -0.05) is 36.4 Å². The van der Waals surface area contributed by atoms with E-state index in [1.165, 1.54) is 12.1 Å². The fourth-order valence-electron chi connectivity index (χ4n) is 5.36. The summed E-state index contributed by atoms with van der Waals surface area (Å²) in [7, 11) is 0. The third-order valence-electron chi connectivity index (χ3n) is 7.47. The van der Waals surface area contributed by atoms with Crippen molar-refractivity contribution in [3.8, 4) is 0 Å². The van der Waals surface area contributed by atoms with Crippen molar-refractivity contribution in [1.82, 2.24) is 9.47 Å². The van der Waals surface area contributed by atoms with Gasteiger partial charge in [-0.05, 0) is 54.8 Å². The molecule has 1 aromatic heterocycles. The first kappa shape index (κ1) is 25.5. The van der Waals surface area contributed by atoms with Crippen molar-refractivity contribution in [3.63, 3.8) is 0 Å². The van der Waals surface area contributed by atoms with Gasteiger partial charge in [0.15, 0.2) is 0 Å². The number of carboxylic acids is 1. The van der Waals surface area contributed by atoms with Crippen molar-refractivity contribution in [2.45, 2.75) is 18.9 Å². The van der Waals surface area contributed by atoms with E-state index in [4.69, 9.17) is 0 Å². The quantitative estimate of drug-likeness (QED) is 0.270. The van der Waals surface area contributed by atoms with Gasteiger partial charge in [0, 0.05) is 35.9 Å². The van der Waals surface area contributed by atoms with Crippen LogP contribution in [0, 0.1) is 0 Å². The smallest absolute Gasteiger partial charge is 0.335 e. The largest absolute Gasteiger partial charge is 0.478 e. The van der Waals surface area contributed by atoms with Crippen LogP contribution >= 0.6 is 0 Å².